The minimum absolute atomic E-state index is 0.129. The molecule has 1 heterocycles. The number of pyridine rings is 1. The number of nitrogens with zero attached hydrogens (tertiary/aromatic N) is 1. The topological polar surface area (TPSA) is 42.0 Å². The van der Waals surface area contributed by atoms with Gasteiger partial charge < -0.3 is 5.32 Å². The van der Waals surface area contributed by atoms with E-state index in [9.17, 15) is 4.79 Å². The summed E-state index contributed by atoms with van der Waals surface area (Å²) in [6.45, 7) is 4.47. The first-order valence-electron chi connectivity index (χ1n) is 5.90. The van der Waals surface area contributed by atoms with Crippen LogP contribution in [0.4, 0.5) is 0 Å². The van der Waals surface area contributed by atoms with Gasteiger partial charge in [0, 0.05) is 6.04 Å². The number of hydrogen-bond donors (Lipinski definition) is 1. The molecule has 0 radical (unpaired) electrons. The SMILES string of the molecule is CC1(C)CCC(NC(=O)c2cccc(Cl)n2)C1. The number of aromatic nitrogens is 1. The van der Waals surface area contributed by atoms with Crippen molar-refractivity contribution in [3.63, 3.8) is 0 Å². The lowest BCUT2D eigenvalue weighted by atomic mass is 9.92. The molecule has 1 aromatic rings. The summed E-state index contributed by atoms with van der Waals surface area (Å²) in [5.74, 6) is -0.129. The van der Waals surface area contributed by atoms with Crippen molar-refractivity contribution in [2.75, 3.05) is 0 Å². The van der Waals surface area contributed by atoms with Gasteiger partial charge in [0.25, 0.3) is 5.91 Å². The van der Waals surface area contributed by atoms with Crippen molar-refractivity contribution in [1.29, 1.82) is 0 Å². The third kappa shape index (κ3) is 3.19. The van der Waals surface area contributed by atoms with Crippen molar-refractivity contribution in [2.24, 2.45) is 5.41 Å². The van der Waals surface area contributed by atoms with Crippen LogP contribution in [0, 0.1) is 5.41 Å². The third-order valence-electron chi connectivity index (χ3n) is 3.25. The average Bonchev–Trinajstić information content (AvgIpc) is 2.58. The molecule has 1 saturated carbocycles. The molecular weight excluding hydrogens is 236 g/mol. The first-order valence-corrected chi connectivity index (χ1v) is 6.27. The molecule has 1 aromatic heterocycles. The highest BCUT2D eigenvalue weighted by atomic mass is 35.5. The summed E-state index contributed by atoms with van der Waals surface area (Å²) in [5, 5.41) is 3.37. The minimum Gasteiger partial charge on any atom is -0.348 e. The zero-order chi connectivity index (χ0) is 12.5. The van der Waals surface area contributed by atoms with E-state index in [1.165, 1.54) is 0 Å². The van der Waals surface area contributed by atoms with Gasteiger partial charge in [-0.1, -0.05) is 31.5 Å². The maximum absolute atomic E-state index is 11.9. The van der Waals surface area contributed by atoms with Crippen LogP contribution < -0.4 is 5.32 Å². The molecular formula is C13H17ClN2O. The van der Waals surface area contributed by atoms with E-state index >= 15 is 0 Å². The van der Waals surface area contributed by atoms with Crippen molar-refractivity contribution >= 4 is 17.5 Å². The standard InChI is InChI=1S/C13H17ClN2O/c1-13(2)7-6-9(8-13)15-12(17)10-4-3-5-11(14)16-10/h3-5,9H,6-8H2,1-2H3,(H,15,17). The molecule has 17 heavy (non-hydrogen) atoms. The van der Waals surface area contributed by atoms with E-state index in [4.69, 9.17) is 11.6 Å². The third-order valence-corrected chi connectivity index (χ3v) is 3.46. The van der Waals surface area contributed by atoms with Gasteiger partial charge in [-0.25, -0.2) is 4.98 Å². The fourth-order valence-electron chi connectivity index (χ4n) is 2.35. The Hall–Kier alpha value is -1.09. The summed E-state index contributed by atoms with van der Waals surface area (Å²) in [6.07, 6.45) is 3.22. The number of carbonyl (C=O) groups is 1. The highest BCUT2D eigenvalue weighted by Crippen LogP contribution is 2.36. The van der Waals surface area contributed by atoms with Gasteiger partial charge in [0.05, 0.1) is 0 Å². The lowest BCUT2D eigenvalue weighted by Crippen LogP contribution is -2.34. The number of rotatable bonds is 2. The molecule has 4 heteroatoms. The zero-order valence-corrected chi connectivity index (χ0v) is 10.9. The second-order valence-corrected chi connectivity index (χ2v) is 5.81. The monoisotopic (exact) mass is 252 g/mol. The summed E-state index contributed by atoms with van der Waals surface area (Å²) in [5.41, 5.74) is 0.724. The predicted octanol–water partition coefficient (Wildman–Crippen LogP) is 3.04. The summed E-state index contributed by atoms with van der Waals surface area (Å²) in [6, 6.07) is 5.35. The van der Waals surface area contributed by atoms with E-state index < -0.39 is 0 Å². The van der Waals surface area contributed by atoms with Crippen molar-refractivity contribution in [3.05, 3.63) is 29.0 Å². The van der Waals surface area contributed by atoms with Gasteiger partial charge in [0.1, 0.15) is 10.8 Å². The molecule has 0 spiro atoms. The number of hydrogen-bond acceptors (Lipinski definition) is 2. The van der Waals surface area contributed by atoms with E-state index in [0.717, 1.165) is 19.3 Å². The largest absolute Gasteiger partial charge is 0.348 e. The summed E-state index contributed by atoms with van der Waals surface area (Å²) in [7, 11) is 0. The van der Waals surface area contributed by atoms with Gasteiger partial charge in [-0.15, -0.1) is 0 Å². The summed E-state index contributed by atoms with van der Waals surface area (Å²) in [4.78, 5) is 15.9. The van der Waals surface area contributed by atoms with E-state index in [2.05, 4.69) is 24.1 Å². The smallest absolute Gasteiger partial charge is 0.270 e. The lowest BCUT2D eigenvalue weighted by molar-refractivity contribution is 0.0931. The Morgan fingerprint density at radius 1 is 1.53 bits per heavy atom. The van der Waals surface area contributed by atoms with Gasteiger partial charge in [0.2, 0.25) is 0 Å². The highest BCUT2D eigenvalue weighted by molar-refractivity contribution is 6.29. The van der Waals surface area contributed by atoms with E-state index in [1.807, 2.05) is 0 Å². The van der Waals surface area contributed by atoms with Gasteiger partial charge in [-0.05, 0) is 36.8 Å². The van der Waals surface area contributed by atoms with Crippen LogP contribution in [0.3, 0.4) is 0 Å². The number of amides is 1. The Morgan fingerprint density at radius 3 is 2.88 bits per heavy atom. The van der Waals surface area contributed by atoms with Crippen LogP contribution in [-0.2, 0) is 0 Å². The molecule has 92 valence electrons. The molecule has 0 saturated heterocycles. The summed E-state index contributed by atoms with van der Waals surface area (Å²) >= 11 is 5.76. The molecule has 1 unspecified atom stereocenters. The number of carbonyl (C=O) groups excluding carboxylic acids is 1. The number of nitrogens with one attached hydrogen (secondary N) is 1. The molecule has 0 aliphatic heterocycles. The molecule has 1 aliphatic rings. The lowest BCUT2D eigenvalue weighted by Gasteiger charge is -2.17. The van der Waals surface area contributed by atoms with Gasteiger partial charge in [-0.3, -0.25) is 4.79 Å². The molecule has 0 aromatic carbocycles. The minimum atomic E-state index is -0.129. The number of halogens is 1. The van der Waals surface area contributed by atoms with Crippen molar-refractivity contribution in [3.8, 4) is 0 Å². The van der Waals surface area contributed by atoms with Crippen LogP contribution in [0.1, 0.15) is 43.6 Å². The van der Waals surface area contributed by atoms with E-state index in [0.29, 0.717) is 16.3 Å². The van der Waals surface area contributed by atoms with Gasteiger partial charge in [-0.2, -0.15) is 0 Å². The molecule has 2 rings (SSSR count). The second-order valence-electron chi connectivity index (χ2n) is 5.42. The van der Waals surface area contributed by atoms with Gasteiger partial charge >= 0.3 is 0 Å². The Morgan fingerprint density at radius 2 is 2.29 bits per heavy atom. The van der Waals surface area contributed by atoms with Crippen LogP contribution in [0.25, 0.3) is 0 Å². The molecule has 0 bridgehead atoms. The van der Waals surface area contributed by atoms with Crippen molar-refractivity contribution < 1.29 is 4.79 Å². The first kappa shape index (κ1) is 12.4. The van der Waals surface area contributed by atoms with Crippen LogP contribution in [0.5, 0.6) is 0 Å². The zero-order valence-electron chi connectivity index (χ0n) is 10.2. The average molecular weight is 253 g/mol. The predicted molar refractivity (Wildman–Crippen MR) is 68.1 cm³/mol. The second kappa shape index (κ2) is 4.65. The van der Waals surface area contributed by atoms with Crippen molar-refractivity contribution in [2.45, 2.75) is 39.2 Å². The molecule has 1 amide bonds. The van der Waals surface area contributed by atoms with Gasteiger partial charge in [0.15, 0.2) is 0 Å². The fourth-order valence-corrected chi connectivity index (χ4v) is 2.52. The quantitative estimate of drug-likeness (QED) is 0.822. The van der Waals surface area contributed by atoms with Crippen LogP contribution in [0.2, 0.25) is 5.15 Å². The van der Waals surface area contributed by atoms with E-state index in [1.54, 1.807) is 18.2 Å². The van der Waals surface area contributed by atoms with Crippen LogP contribution >= 0.6 is 11.6 Å². The fraction of sp³-hybridized carbons (Fsp3) is 0.538. The van der Waals surface area contributed by atoms with Crippen molar-refractivity contribution in [1.82, 2.24) is 10.3 Å². The molecule has 1 atom stereocenters. The first-order chi connectivity index (χ1) is 7.96. The summed E-state index contributed by atoms with van der Waals surface area (Å²) < 4.78 is 0. The highest BCUT2D eigenvalue weighted by Gasteiger charge is 2.31. The Bertz CT molecular complexity index is 431. The van der Waals surface area contributed by atoms with E-state index in [-0.39, 0.29) is 11.9 Å². The van der Waals surface area contributed by atoms with Crippen LogP contribution in [0.15, 0.2) is 18.2 Å². The maximum atomic E-state index is 11.9. The molecule has 1 N–H and O–H groups in total. The normalized spacial score (nSPS) is 22.4. The maximum Gasteiger partial charge on any atom is 0.270 e. The Labute approximate surface area is 107 Å². The Kier molecular flexibility index (Phi) is 3.38. The molecule has 1 aliphatic carbocycles. The Balaban J connectivity index is 1.98. The molecule has 1 fully saturated rings. The molecule has 3 nitrogen and oxygen atoms in total. The van der Waals surface area contributed by atoms with Crippen LogP contribution in [-0.4, -0.2) is 16.9 Å².